The van der Waals surface area contributed by atoms with Gasteiger partial charge in [-0.25, -0.2) is 9.55 Å². The van der Waals surface area contributed by atoms with Gasteiger partial charge >= 0.3 is 0 Å². The zero-order valence-electron chi connectivity index (χ0n) is 14.2. The second kappa shape index (κ2) is 6.61. The molecule has 0 fully saturated rings. The van der Waals surface area contributed by atoms with Gasteiger partial charge in [-0.1, -0.05) is 17.7 Å². The average Bonchev–Trinajstić information content (AvgIpc) is 2.99. The molecule has 0 atom stereocenters. The highest BCUT2D eigenvalue weighted by Crippen LogP contribution is 2.34. The molecule has 0 amide bonds. The molecule has 1 aromatic carbocycles. The maximum atomic E-state index is 13.4. The van der Waals surface area contributed by atoms with E-state index in [0.717, 1.165) is 40.7 Å². The van der Waals surface area contributed by atoms with Crippen molar-refractivity contribution >= 4 is 27.5 Å². The van der Waals surface area contributed by atoms with Crippen LogP contribution in [0.2, 0.25) is 0 Å². The summed E-state index contributed by atoms with van der Waals surface area (Å²) in [6.45, 7) is 2.37. The van der Waals surface area contributed by atoms with E-state index in [0.29, 0.717) is 12.5 Å². The summed E-state index contributed by atoms with van der Waals surface area (Å²) in [5, 5.41) is 13.0. The highest BCUT2D eigenvalue weighted by molar-refractivity contribution is 7.18. The minimum atomic E-state index is -0.0197. The van der Waals surface area contributed by atoms with E-state index in [1.807, 2.05) is 31.2 Å². The lowest BCUT2D eigenvalue weighted by Crippen LogP contribution is -2.25. The SMILES string of the molecule is Cc1ccc(-n2c(NCCO)nc3sc4c(c3c2=O)CCCC4)cc1. The molecule has 4 rings (SSSR count). The fraction of sp³-hybridized carbons (Fsp3) is 0.368. The molecule has 0 saturated carbocycles. The lowest BCUT2D eigenvalue weighted by atomic mass is 9.97. The molecule has 130 valence electrons. The van der Waals surface area contributed by atoms with Crippen molar-refractivity contribution in [1.29, 1.82) is 0 Å². The first kappa shape index (κ1) is 16.3. The molecular weight excluding hydrogens is 334 g/mol. The molecule has 0 bridgehead atoms. The van der Waals surface area contributed by atoms with Crippen LogP contribution in [0.3, 0.4) is 0 Å². The molecular formula is C19H21N3O2S. The van der Waals surface area contributed by atoms with Gasteiger partial charge < -0.3 is 10.4 Å². The van der Waals surface area contributed by atoms with E-state index in [1.54, 1.807) is 15.9 Å². The van der Waals surface area contributed by atoms with E-state index in [-0.39, 0.29) is 12.2 Å². The summed E-state index contributed by atoms with van der Waals surface area (Å²) < 4.78 is 1.64. The third-order valence-electron chi connectivity index (χ3n) is 4.68. The third kappa shape index (κ3) is 2.85. The van der Waals surface area contributed by atoms with E-state index in [2.05, 4.69) is 5.32 Å². The molecule has 0 unspecified atom stereocenters. The summed E-state index contributed by atoms with van der Waals surface area (Å²) in [6, 6.07) is 7.86. The van der Waals surface area contributed by atoms with Gasteiger partial charge in [0.2, 0.25) is 5.95 Å². The topological polar surface area (TPSA) is 67.2 Å². The lowest BCUT2D eigenvalue weighted by Gasteiger charge is -2.14. The summed E-state index contributed by atoms with van der Waals surface area (Å²) in [5.41, 5.74) is 3.11. The Morgan fingerprint density at radius 3 is 2.76 bits per heavy atom. The number of aromatic nitrogens is 2. The molecule has 25 heavy (non-hydrogen) atoms. The van der Waals surface area contributed by atoms with E-state index < -0.39 is 0 Å². The molecule has 0 spiro atoms. The Kier molecular flexibility index (Phi) is 4.31. The molecule has 0 saturated heterocycles. The first-order valence-corrected chi connectivity index (χ1v) is 9.50. The van der Waals surface area contributed by atoms with E-state index in [1.165, 1.54) is 16.9 Å². The van der Waals surface area contributed by atoms with Crippen LogP contribution in [-0.2, 0) is 12.8 Å². The lowest BCUT2D eigenvalue weighted by molar-refractivity contribution is 0.310. The van der Waals surface area contributed by atoms with Gasteiger partial charge in [-0.05, 0) is 50.3 Å². The van der Waals surface area contributed by atoms with Crippen LogP contribution in [0.4, 0.5) is 5.95 Å². The van der Waals surface area contributed by atoms with Gasteiger partial charge in [0.05, 0.1) is 17.7 Å². The van der Waals surface area contributed by atoms with Gasteiger partial charge in [0, 0.05) is 11.4 Å². The van der Waals surface area contributed by atoms with Crippen molar-refractivity contribution in [2.24, 2.45) is 0 Å². The van der Waals surface area contributed by atoms with Gasteiger partial charge in [-0.15, -0.1) is 11.3 Å². The first-order chi connectivity index (χ1) is 12.2. The summed E-state index contributed by atoms with van der Waals surface area (Å²) in [5.74, 6) is 0.494. The number of nitrogens with one attached hydrogen (secondary N) is 1. The number of hydrogen-bond acceptors (Lipinski definition) is 5. The molecule has 2 aromatic heterocycles. The Labute approximate surface area is 150 Å². The van der Waals surface area contributed by atoms with Crippen molar-refractivity contribution in [3.63, 3.8) is 0 Å². The molecule has 5 nitrogen and oxygen atoms in total. The molecule has 1 aliphatic carbocycles. The van der Waals surface area contributed by atoms with E-state index >= 15 is 0 Å². The van der Waals surface area contributed by atoms with Gasteiger partial charge in [0.1, 0.15) is 4.83 Å². The van der Waals surface area contributed by atoms with E-state index in [9.17, 15) is 4.79 Å². The van der Waals surface area contributed by atoms with Gasteiger partial charge in [0.25, 0.3) is 5.56 Å². The molecule has 2 N–H and O–H groups in total. The number of benzene rings is 1. The second-order valence-electron chi connectivity index (χ2n) is 6.45. The monoisotopic (exact) mass is 355 g/mol. The summed E-state index contributed by atoms with van der Waals surface area (Å²) in [4.78, 5) is 20.2. The van der Waals surface area contributed by atoms with Crippen LogP contribution in [-0.4, -0.2) is 27.8 Å². The Morgan fingerprint density at radius 1 is 1.24 bits per heavy atom. The molecule has 0 aliphatic heterocycles. The number of aryl methyl sites for hydroxylation is 3. The summed E-state index contributed by atoms with van der Waals surface area (Å²) in [6.07, 6.45) is 4.32. The number of anilines is 1. The van der Waals surface area contributed by atoms with Crippen molar-refractivity contribution in [3.8, 4) is 5.69 Å². The van der Waals surface area contributed by atoms with Crippen LogP contribution >= 0.6 is 11.3 Å². The molecule has 6 heteroatoms. The largest absolute Gasteiger partial charge is 0.395 e. The molecule has 3 aromatic rings. The normalized spacial score (nSPS) is 13.8. The molecule has 0 radical (unpaired) electrons. The smallest absolute Gasteiger partial charge is 0.268 e. The van der Waals surface area contributed by atoms with Crippen LogP contribution in [0.15, 0.2) is 29.1 Å². The summed E-state index contributed by atoms with van der Waals surface area (Å²) >= 11 is 1.64. The molecule has 1 aliphatic rings. The zero-order chi connectivity index (χ0) is 17.4. The van der Waals surface area contributed by atoms with Crippen molar-refractivity contribution in [2.75, 3.05) is 18.5 Å². The maximum Gasteiger partial charge on any atom is 0.268 e. The fourth-order valence-electron chi connectivity index (χ4n) is 3.42. The fourth-order valence-corrected chi connectivity index (χ4v) is 4.68. The standard InChI is InChI=1S/C19H21N3O2S/c1-12-6-8-13(9-7-12)22-18(24)16-14-4-2-3-5-15(14)25-17(16)21-19(22)20-10-11-23/h6-9,23H,2-5,10-11H2,1H3,(H,20,21). The predicted octanol–water partition coefficient (Wildman–Crippen LogP) is 3.04. The number of nitrogens with zero attached hydrogens (tertiary/aromatic N) is 2. The number of hydrogen-bond donors (Lipinski definition) is 2. The highest BCUT2D eigenvalue weighted by Gasteiger charge is 2.22. The number of aliphatic hydroxyl groups is 1. The van der Waals surface area contributed by atoms with E-state index in [4.69, 9.17) is 10.1 Å². The van der Waals surface area contributed by atoms with Crippen LogP contribution in [0.5, 0.6) is 0 Å². The summed E-state index contributed by atoms with van der Waals surface area (Å²) in [7, 11) is 0. The average molecular weight is 355 g/mol. The maximum absolute atomic E-state index is 13.4. The minimum Gasteiger partial charge on any atom is -0.395 e. The third-order valence-corrected chi connectivity index (χ3v) is 5.86. The van der Waals surface area contributed by atoms with Crippen LogP contribution < -0.4 is 10.9 Å². The molecule has 2 heterocycles. The van der Waals surface area contributed by atoms with Crippen molar-refractivity contribution in [2.45, 2.75) is 32.6 Å². The predicted molar refractivity (Wildman–Crippen MR) is 102 cm³/mol. The van der Waals surface area contributed by atoms with Crippen molar-refractivity contribution in [1.82, 2.24) is 9.55 Å². The van der Waals surface area contributed by atoms with Gasteiger partial charge in [-0.3, -0.25) is 4.79 Å². The van der Waals surface area contributed by atoms with Crippen LogP contribution in [0, 0.1) is 6.92 Å². The van der Waals surface area contributed by atoms with Crippen molar-refractivity contribution in [3.05, 3.63) is 50.6 Å². The Balaban J connectivity index is 1.98. The number of thiophene rings is 1. The van der Waals surface area contributed by atoms with Crippen LogP contribution in [0.25, 0.3) is 15.9 Å². The first-order valence-electron chi connectivity index (χ1n) is 8.68. The van der Waals surface area contributed by atoms with Gasteiger partial charge in [-0.2, -0.15) is 0 Å². The Bertz CT molecular complexity index is 973. The number of fused-ring (bicyclic) bond motifs is 3. The van der Waals surface area contributed by atoms with Gasteiger partial charge in [0.15, 0.2) is 0 Å². The quantitative estimate of drug-likeness (QED) is 0.755. The minimum absolute atomic E-state index is 0.0112. The number of rotatable bonds is 4. The second-order valence-corrected chi connectivity index (χ2v) is 7.54. The highest BCUT2D eigenvalue weighted by atomic mass is 32.1. The Hall–Kier alpha value is -2.18. The van der Waals surface area contributed by atoms with Crippen LogP contribution in [0.1, 0.15) is 28.8 Å². The Morgan fingerprint density at radius 2 is 2.00 bits per heavy atom. The zero-order valence-corrected chi connectivity index (χ0v) is 15.0. The van der Waals surface area contributed by atoms with Crippen molar-refractivity contribution < 1.29 is 5.11 Å². The number of aliphatic hydroxyl groups excluding tert-OH is 1.